The summed E-state index contributed by atoms with van der Waals surface area (Å²) in [5.74, 6) is 0.742. The van der Waals surface area contributed by atoms with Gasteiger partial charge in [0, 0.05) is 5.71 Å². The van der Waals surface area contributed by atoms with Crippen molar-refractivity contribution in [1.29, 1.82) is 0 Å². The van der Waals surface area contributed by atoms with Gasteiger partial charge in [0.15, 0.2) is 0 Å². The van der Waals surface area contributed by atoms with Gasteiger partial charge >= 0.3 is 0 Å². The van der Waals surface area contributed by atoms with Crippen LogP contribution in [0.4, 0.5) is 0 Å². The number of nitrogens with zero attached hydrogens (tertiary/aromatic N) is 1. The van der Waals surface area contributed by atoms with Gasteiger partial charge in [0.2, 0.25) is 0 Å². The Morgan fingerprint density at radius 1 is 1.67 bits per heavy atom. The molecule has 1 aliphatic heterocycles. The van der Waals surface area contributed by atoms with Crippen LogP contribution in [0.2, 0.25) is 0 Å². The van der Waals surface area contributed by atoms with Gasteiger partial charge in [-0.3, -0.25) is 4.99 Å². The van der Waals surface area contributed by atoms with Crippen LogP contribution in [0.5, 0.6) is 0 Å². The Kier molecular flexibility index (Phi) is 2.04. The zero-order valence-corrected chi connectivity index (χ0v) is 6.09. The first kappa shape index (κ1) is 6.53. The van der Waals surface area contributed by atoms with Gasteiger partial charge in [-0.2, -0.15) is 0 Å². The maximum absolute atomic E-state index is 4.28. The highest BCUT2D eigenvalue weighted by molar-refractivity contribution is 5.96. The van der Waals surface area contributed by atoms with Crippen molar-refractivity contribution in [3.63, 3.8) is 0 Å². The SMILES string of the molecule is CC(C)CC1=NCC=C1. The average Bonchev–Trinajstić information content (AvgIpc) is 2.15. The summed E-state index contributed by atoms with van der Waals surface area (Å²) in [4.78, 5) is 4.28. The normalized spacial score (nSPS) is 17.0. The second kappa shape index (κ2) is 2.81. The molecule has 0 saturated heterocycles. The van der Waals surface area contributed by atoms with Crippen LogP contribution < -0.4 is 0 Å². The van der Waals surface area contributed by atoms with E-state index >= 15 is 0 Å². The molecule has 0 atom stereocenters. The van der Waals surface area contributed by atoms with E-state index in [0.29, 0.717) is 0 Å². The Hall–Kier alpha value is -0.590. The lowest BCUT2D eigenvalue weighted by Gasteiger charge is -2.00. The van der Waals surface area contributed by atoms with Crippen LogP contribution in [0.3, 0.4) is 0 Å². The Morgan fingerprint density at radius 3 is 2.89 bits per heavy atom. The van der Waals surface area contributed by atoms with Crippen LogP contribution in [0.15, 0.2) is 17.1 Å². The lowest BCUT2D eigenvalue weighted by atomic mass is 10.1. The minimum atomic E-state index is 0.742. The molecule has 0 saturated carbocycles. The van der Waals surface area contributed by atoms with E-state index in [0.717, 1.165) is 18.9 Å². The van der Waals surface area contributed by atoms with E-state index in [-0.39, 0.29) is 0 Å². The van der Waals surface area contributed by atoms with E-state index in [4.69, 9.17) is 0 Å². The fraction of sp³-hybridized carbons (Fsp3) is 0.625. The lowest BCUT2D eigenvalue weighted by Crippen LogP contribution is -1.96. The highest BCUT2D eigenvalue weighted by Crippen LogP contribution is 2.05. The van der Waals surface area contributed by atoms with E-state index < -0.39 is 0 Å². The molecule has 0 unspecified atom stereocenters. The van der Waals surface area contributed by atoms with Crippen molar-refractivity contribution in [2.24, 2.45) is 10.9 Å². The minimum absolute atomic E-state index is 0.742. The van der Waals surface area contributed by atoms with Crippen LogP contribution in [-0.2, 0) is 0 Å². The molecule has 0 aromatic rings. The molecular weight excluding hydrogens is 110 g/mol. The molecule has 0 fully saturated rings. The summed E-state index contributed by atoms with van der Waals surface area (Å²) < 4.78 is 0. The largest absolute Gasteiger partial charge is 0.286 e. The predicted octanol–water partition coefficient (Wildman–Crippen LogP) is 2.04. The molecule has 0 bridgehead atoms. The first-order valence-corrected chi connectivity index (χ1v) is 3.49. The molecule has 0 N–H and O–H groups in total. The van der Waals surface area contributed by atoms with Crippen molar-refractivity contribution in [1.82, 2.24) is 0 Å². The summed E-state index contributed by atoms with van der Waals surface area (Å²) in [6, 6.07) is 0. The molecule has 1 rings (SSSR count). The second-order valence-corrected chi connectivity index (χ2v) is 2.83. The highest BCUT2D eigenvalue weighted by Gasteiger charge is 2.01. The fourth-order valence-electron chi connectivity index (χ4n) is 0.962. The molecule has 1 heterocycles. The van der Waals surface area contributed by atoms with Crippen LogP contribution in [-0.4, -0.2) is 12.3 Å². The topological polar surface area (TPSA) is 12.4 Å². The molecule has 0 amide bonds. The quantitative estimate of drug-likeness (QED) is 0.533. The number of rotatable bonds is 2. The van der Waals surface area contributed by atoms with Crippen molar-refractivity contribution in [3.8, 4) is 0 Å². The third kappa shape index (κ3) is 2.00. The van der Waals surface area contributed by atoms with Gasteiger partial charge in [0.25, 0.3) is 0 Å². The van der Waals surface area contributed by atoms with Crippen LogP contribution >= 0.6 is 0 Å². The van der Waals surface area contributed by atoms with Gasteiger partial charge in [-0.25, -0.2) is 0 Å². The van der Waals surface area contributed by atoms with Gasteiger partial charge in [-0.15, -0.1) is 0 Å². The molecule has 0 aromatic carbocycles. The summed E-state index contributed by atoms with van der Waals surface area (Å²) in [7, 11) is 0. The Morgan fingerprint density at radius 2 is 2.44 bits per heavy atom. The highest BCUT2D eigenvalue weighted by atomic mass is 14.7. The number of aliphatic imine (C=N–C) groups is 1. The first-order valence-electron chi connectivity index (χ1n) is 3.49. The van der Waals surface area contributed by atoms with Gasteiger partial charge in [0.05, 0.1) is 6.54 Å². The van der Waals surface area contributed by atoms with Crippen molar-refractivity contribution in [2.75, 3.05) is 6.54 Å². The molecule has 0 spiro atoms. The van der Waals surface area contributed by atoms with Crippen LogP contribution in [0.25, 0.3) is 0 Å². The standard InChI is InChI=1S/C8H13N/c1-7(2)6-8-4-3-5-9-8/h3-4,7H,5-6H2,1-2H3. The van der Waals surface area contributed by atoms with Crippen LogP contribution in [0.1, 0.15) is 20.3 Å². The molecular formula is C8H13N. The van der Waals surface area contributed by atoms with Crippen molar-refractivity contribution < 1.29 is 0 Å². The van der Waals surface area contributed by atoms with Gasteiger partial charge < -0.3 is 0 Å². The van der Waals surface area contributed by atoms with Crippen LogP contribution in [0, 0.1) is 5.92 Å². The molecule has 50 valence electrons. The summed E-state index contributed by atoms with van der Waals surface area (Å²) in [6.07, 6.45) is 5.37. The van der Waals surface area contributed by atoms with E-state index in [2.05, 4.69) is 31.0 Å². The third-order valence-corrected chi connectivity index (χ3v) is 1.33. The fourth-order valence-corrected chi connectivity index (χ4v) is 0.962. The van der Waals surface area contributed by atoms with Crippen molar-refractivity contribution >= 4 is 5.71 Å². The summed E-state index contributed by atoms with van der Waals surface area (Å²) >= 11 is 0. The Balaban J connectivity index is 2.35. The zero-order valence-electron chi connectivity index (χ0n) is 6.09. The first-order chi connectivity index (χ1) is 4.29. The van der Waals surface area contributed by atoms with E-state index in [9.17, 15) is 0 Å². The molecule has 0 aromatic heterocycles. The second-order valence-electron chi connectivity index (χ2n) is 2.83. The lowest BCUT2D eigenvalue weighted by molar-refractivity contribution is 0.685. The molecule has 1 aliphatic rings. The number of allylic oxidation sites excluding steroid dienone is 1. The van der Waals surface area contributed by atoms with Crippen molar-refractivity contribution in [2.45, 2.75) is 20.3 Å². The average molecular weight is 123 g/mol. The summed E-state index contributed by atoms with van der Waals surface area (Å²) in [5, 5.41) is 0. The summed E-state index contributed by atoms with van der Waals surface area (Å²) in [5.41, 5.74) is 1.27. The number of hydrogen-bond acceptors (Lipinski definition) is 1. The predicted molar refractivity (Wildman–Crippen MR) is 40.9 cm³/mol. The minimum Gasteiger partial charge on any atom is -0.286 e. The van der Waals surface area contributed by atoms with Gasteiger partial charge in [-0.1, -0.05) is 19.9 Å². The number of hydrogen-bond donors (Lipinski definition) is 0. The Labute approximate surface area is 56.5 Å². The van der Waals surface area contributed by atoms with Crippen molar-refractivity contribution in [3.05, 3.63) is 12.2 Å². The Bertz CT molecular complexity index is 143. The molecule has 0 aliphatic carbocycles. The zero-order chi connectivity index (χ0) is 6.69. The van der Waals surface area contributed by atoms with Gasteiger partial charge in [0.1, 0.15) is 0 Å². The monoisotopic (exact) mass is 123 g/mol. The van der Waals surface area contributed by atoms with E-state index in [1.807, 2.05) is 0 Å². The molecule has 9 heavy (non-hydrogen) atoms. The maximum atomic E-state index is 4.28. The van der Waals surface area contributed by atoms with Gasteiger partial charge in [-0.05, 0) is 18.4 Å². The third-order valence-electron chi connectivity index (χ3n) is 1.33. The van der Waals surface area contributed by atoms with E-state index in [1.54, 1.807) is 0 Å². The smallest absolute Gasteiger partial charge is 0.0577 e. The van der Waals surface area contributed by atoms with E-state index in [1.165, 1.54) is 5.71 Å². The summed E-state index contributed by atoms with van der Waals surface area (Å²) in [6.45, 7) is 5.34. The molecule has 1 nitrogen and oxygen atoms in total. The molecule has 0 radical (unpaired) electrons. The molecule has 1 heteroatoms. The maximum Gasteiger partial charge on any atom is 0.0577 e.